The van der Waals surface area contributed by atoms with E-state index in [1.807, 2.05) is 6.07 Å². The highest BCUT2D eigenvalue weighted by atomic mass is 32.2. The Morgan fingerprint density at radius 1 is 1.05 bits per heavy atom. The Morgan fingerprint density at radius 2 is 1.71 bits per heavy atom. The molecule has 2 rings (SSSR count). The number of aromatic nitrogens is 1. The topological polar surface area (TPSA) is 62.3 Å². The maximum Gasteiger partial charge on any atom is 0.263 e. The van der Waals surface area contributed by atoms with Crippen LogP contribution in [0.2, 0.25) is 0 Å². The van der Waals surface area contributed by atoms with Gasteiger partial charge in [-0.15, -0.1) is 0 Å². The van der Waals surface area contributed by atoms with Gasteiger partial charge >= 0.3 is 0 Å². The Hall–Kier alpha value is -2.08. The summed E-state index contributed by atoms with van der Waals surface area (Å²) in [4.78, 5) is 6.54. The van der Waals surface area contributed by atoms with Crippen molar-refractivity contribution in [1.29, 1.82) is 0 Å². The van der Waals surface area contributed by atoms with Crippen molar-refractivity contribution in [2.45, 2.75) is 18.7 Å². The molecule has 6 heteroatoms. The van der Waals surface area contributed by atoms with E-state index in [2.05, 4.69) is 28.5 Å². The van der Waals surface area contributed by atoms with Gasteiger partial charge in [0.15, 0.2) is 0 Å². The van der Waals surface area contributed by atoms with Gasteiger partial charge in [-0.05, 0) is 38.1 Å². The molecule has 1 N–H and O–H groups in total. The van der Waals surface area contributed by atoms with E-state index in [1.165, 1.54) is 0 Å². The standard InChI is InChI=1S/C15H19N3O2S/c1-3-18(4-2)13-10-11-15(16-12-13)17-21(19,20)14-8-6-5-7-9-14/h5-12H,3-4H2,1-2H3,(H,16,17). The average molecular weight is 305 g/mol. The Morgan fingerprint density at radius 3 is 2.24 bits per heavy atom. The van der Waals surface area contributed by atoms with E-state index in [0.29, 0.717) is 5.82 Å². The molecule has 0 radical (unpaired) electrons. The summed E-state index contributed by atoms with van der Waals surface area (Å²) in [7, 11) is -3.58. The third-order valence-corrected chi connectivity index (χ3v) is 4.54. The van der Waals surface area contributed by atoms with Gasteiger partial charge in [-0.3, -0.25) is 4.72 Å². The number of hydrogen-bond acceptors (Lipinski definition) is 4. The molecule has 0 atom stereocenters. The van der Waals surface area contributed by atoms with Crippen LogP contribution in [0.5, 0.6) is 0 Å². The number of sulfonamides is 1. The van der Waals surface area contributed by atoms with Crippen LogP contribution in [-0.4, -0.2) is 26.5 Å². The van der Waals surface area contributed by atoms with Crippen molar-refractivity contribution < 1.29 is 8.42 Å². The molecule has 112 valence electrons. The molecular formula is C15H19N3O2S. The minimum atomic E-state index is -3.58. The van der Waals surface area contributed by atoms with Crippen molar-refractivity contribution in [3.63, 3.8) is 0 Å². The van der Waals surface area contributed by atoms with Crippen molar-refractivity contribution in [3.8, 4) is 0 Å². The predicted molar refractivity (Wildman–Crippen MR) is 85.0 cm³/mol. The zero-order valence-corrected chi connectivity index (χ0v) is 13.0. The van der Waals surface area contributed by atoms with Gasteiger partial charge in [0.2, 0.25) is 0 Å². The molecule has 0 spiro atoms. The molecule has 21 heavy (non-hydrogen) atoms. The highest BCUT2D eigenvalue weighted by Gasteiger charge is 2.14. The Kier molecular flexibility index (Phi) is 4.80. The van der Waals surface area contributed by atoms with E-state index in [9.17, 15) is 8.42 Å². The van der Waals surface area contributed by atoms with E-state index in [0.717, 1.165) is 18.8 Å². The summed E-state index contributed by atoms with van der Waals surface area (Å²) in [6, 6.07) is 11.8. The second-order valence-electron chi connectivity index (χ2n) is 4.49. The second kappa shape index (κ2) is 6.58. The quantitative estimate of drug-likeness (QED) is 0.891. The normalized spacial score (nSPS) is 11.1. The molecule has 1 heterocycles. The summed E-state index contributed by atoms with van der Waals surface area (Å²) in [5.74, 6) is 0.315. The molecule has 0 unspecified atom stereocenters. The number of rotatable bonds is 6. The van der Waals surface area contributed by atoms with Gasteiger partial charge in [-0.1, -0.05) is 18.2 Å². The lowest BCUT2D eigenvalue weighted by molar-refractivity contribution is 0.601. The lowest BCUT2D eigenvalue weighted by Gasteiger charge is -2.20. The summed E-state index contributed by atoms with van der Waals surface area (Å²) in [6.07, 6.45) is 1.68. The number of anilines is 2. The SMILES string of the molecule is CCN(CC)c1ccc(NS(=O)(=O)c2ccccc2)nc1. The minimum Gasteiger partial charge on any atom is -0.371 e. The number of nitrogens with one attached hydrogen (secondary N) is 1. The molecule has 0 saturated heterocycles. The Balaban J connectivity index is 2.17. The zero-order valence-electron chi connectivity index (χ0n) is 12.2. The molecule has 0 amide bonds. The number of pyridine rings is 1. The first kappa shape index (κ1) is 15.3. The summed E-state index contributed by atoms with van der Waals surface area (Å²) in [5, 5.41) is 0. The van der Waals surface area contributed by atoms with Crippen molar-refractivity contribution in [2.24, 2.45) is 0 Å². The number of benzene rings is 1. The zero-order chi connectivity index (χ0) is 15.3. The second-order valence-corrected chi connectivity index (χ2v) is 6.17. The molecule has 1 aromatic carbocycles. The van der Waals surface area contributed by atoms with Crippen LogP contribution in [0.15, 0.2) is 53.6 Å². The van der Waals surface area contributed by atoms with Gasteiger partial charge in [0.05, 0.1) is 16.8 Å². The molecule has 2 aromatic rings. The molecule has 0 saturated carbocycles. The fraction of sp³-hybridized carbons (Fsp3) is 0.267. The van der Waals surface area contributed by atoms with Gasteiger partial charge in [0.1, 0.15) is 5.82 Å². The van der Waals surface area contributed by atoms with Gasteiger partial charge in [-0.25, -0.2) is 13.4 Å². The third kappa shape index (κ3) is 3.72. The van der Waals surface area contributed by atoms with Crippen LogP contribution < -0.4 is 9.62 Å². The highest BCUT2D eigenvalue weighted by molar-refractivity contribution is 7.92. The monoisotopic (exact) mass is 305 g/mol. The molecule has 1 aromatic heterocycles. The summed E-state index contributed by atoms with van der Waals surface area (Å²) < 4.78 is 26.8. The summed E-state index contributed by atoms with van der Waals surface area (Å²) >= 11 is 0. The Labute approximate surface area is 125 Å². The van der Waals surface area contributed by atoms with E-state index in [4.69, 9.17) is 0 Å². The van der Waals surface area contributed by atoms with Crippen LogP contribution in [0.25, 0.3) is 0 Å². The van der Waals surface area contributed by atoms with Gasteiger partial charge < -0.3 is 4.90 Å². The Bertz CT molecular complexity index is 666. The minimum absolute atomic E-state index is 0.222. The molecular weight excluding hydrogens is 286 g/mol. The molecule has 0 aliphatic rings. The smallest absolute Gasteiger partial charge is 0.263 e. The fourth-order valence-electron chi connectivity index (χ4n) is 2.02. The molecule has 5 nitrogen and oxygen atoms in total. The first-order chi connectivity index (χ1) is 10.1. The van der Waals surface area contributed by atoms with Gasteiger partial charge in [0, 0.05) is 13.1 Å². The summed E-state index contributed by atoms with van der Waals surface area (Å²) in [5.41, 5.74) is 0.975. The predicted octanol–water partition coefficient (Wildman–Crippen LogP) is 2.73. The maximum atomic E-state index is 12.2. The highest BCUT2D eigenvalue weighted by Crippen LogP contribution is 2.17. The van der Waals surface area contributed by atoms with E-state index in [-0.39, 0.29) is 4.90 Å². The van der Waals surface area contributed by atoms with E-state index < -0.39 is 10.0 Å². The molecule has 0 bridgehead atoms. The lowest BCUT2D eigenvalue weighted by atomic mass is 10.3. The van der Waals surface area contributed by atoms with Crippen LogP contribution in [0.1, 0.15) is 13.8 Å². The van der Waals surface area contributed by atoms with Crippen LogP contribution in [-0.2, 0) is 10.0 Å². The van der Waals surface area contributed by atoms with Crippen LogP contribution in [0, 0.1) is 0 Å². The van der Waals surface area contributed by atoms with Crippen molar-refractivity contribution in [1.82, 2.24) is 4.98 Å². The molecule has 0 fully saturated rings. The number of hydrogen-bond donors (Lipinski definition) is 1. The maximum absolute atomic E-state index is 12.2. The lowest BCUT2D eigenvalue weighted by Crippen LogP contribution is -2.22. The van der Waals surface area contributed by atoms with Crippen molar-refractivity contribution in [2.75, 3.05) is 22.7 Å². The van der Waals surface area contributed by atoms with E-state index >= 15 is 0 Å². The number of nitrogens with zero attached hydrogens (tertiary/aromatic N) is 2. The van der Waals surface area contributed by atoms with Crippen LogP contribution in [0.4, 0.5) is 11.5 Å². The van der Waals surface area contributed by atoms with Crippen molar-refractivity contribution >= 4 is 21.5 Å². The van der Waals surface area contributed by atoms with Crippen LogP contribution >= 0.6 is 0 Å². The molecule has 0 aliphatic heterocycles. The summed E-state index contributed by atoms with van der Waals surface area (Å²) in [6.45, 7) is 5.89. The van der Waals surface area contributed by atoms with Gasteiger partial charge in [-0.2, -0.15) is 0 Å². The molecule has 0 aliphatic carbocycles. The first-order valence-electron chi connectivity index (χ1n) is 6.85. The van der Waals surface area contributed by atoms with Crippen LogP contribution in [0.3, 0.4) is 0 Å². The fourth-order valence-corrected chi connectivity index (χ4v) is 3.05. The van der Waals surface area contributed by atoms with E-state index in [1.54, 1.807) is 42.6 Å². The van der Waals surface area contributed by atoms with Gasteiger partial charge in [0.25, 0.3) is 10.0 Å². The average Bonchev–Trinajstić information content (AvgIpc) is 2.51. The first-order valence-corrected chi connectivity index (χ1v) is 8.34. The largest absolute Gasteiger partial charge is 0.371 e. The van der Waals surface area contributed by atoms with Crippen molar-refractivity contribution in [3.05, 3.63) is 48.7 Å². The third-order valence-electron chi connectivity index (χ3n) is 3.17.